The molecule has 5 rings (SSSR count). The first-order valence-electron chi connectivity index (χ1n) is 10.6. The Morgan fingerprint density at radius 3 is 2.62 bits per heavy atom. The van der Waals surface area contributed by atoms with E-state index < -0.39 is 22.8 Å². The van der Waals surface area contributed by atoms with Crippen molar-refractivity contribution in [3.63, 3.8) is 0 Å². The highest BCUT2D eigenvalue weighted by Crippen LogP contribution is 2.33. The molecule has 0 bridgehead atoms. The first kappa shape index (κ1) is 21.4. The van der Waals surface area contributed by atoms with E-state index in [1.807, 2.05) is 18.2 Å². The molecule has 170 valence electrons. The normalized spacial score (nSPS) is 13.7. The van der Waals surface area contributed by atoms with E-state index in [0.29, 0.717) is 28.0 Å². The molecule has 4 aromatic rings. The predicted octanol–water partition coefficient (Wildman–Crippen LogP) is 1.82. The Balaban J connectivity index is 1.40. The van der Waals surface area contributed by atoms with Gasteiger partial charge in [0.05, 0.1) is 12.1 Å². The zero-order valence-corrected chi connectivity index (χ0v) is 17.9. The quantitative estimate of drug-likeness (QED) is 0.318. The number of nitrogens with one attached hydrogen (secondary N) is 3. The number of hydrogen-bond donors (Lipinski definition) is 4. The number of fused-ring (bicyclic) bond motifs is 2. The van der Waals surface area contributed by atoms with Crippen LogP contribution in [0.1, 0.15) is 32.6 Å². The fourth-order valence-electron chi connectivity index (χ4n) is 4.00. The van der Waals surface area contributed by atoms with E-state index in [9.17, 15) is 19.5 Å². The zero-order chi connectivity index (χ0) is 23.7. The van der Waals surface area contributed by atoms with Gasteiger partial charge < -0.3 is 15.2 Å². The summed E-state index contributed by atoms with van der Waals surface area (Å²) < 4.78 is 5.65. The minimum Gasteiger partial charge on any atom is -0.440 e. The van der Waals surface area contributed by atoms with Crippen LogP contribution in [0.5, 0.6) is 11.6 Å². The molecule has 0 saturated heterocycles. The SMILES string of the molecule is O=C(NCC(O)(c1ccccc1)c1cccnc1)c1ccc2c(c1)Cc1c([nH]c(=O)[nH]c1=O)O2. The van der Waals surface area contributed by atoms with Gasteiger partial charge in [0, 0.05) is 35.5 Å². The van der Waals surface area contributed by atoms with Gasteiger partial charge in [0.2, 0.25) is 5.88 Å². The number of aromatic amines is 2. The molecule has 2 aromatic heterocycles. The van der Waals surface area contributed by atoms with Crippen LogP contribution in [0.25, 0.3) is 0 Å². The van der Waals surface area contributed by atoms with Crippen LogP contribution in [0.15, 0.2) is 82.6 Å². The molecule has 0 fully saturated rings. The maximum Gasteiger partial charge on any atom is 0.328 e. The molecule has 0 spiro atoms. The smallest absolute Gasteiger partial charge is 0.328 e. The van der Waals surface area contributed by atoms with Crippen molar-refractivity contribution in [1.29, 1.82) is 0 Å². The largest absolute Gasteiger partial charge is 0.440 e. The van der Waals surface area contributed by atoms with E-state index in [1.165, 1.54) is 0 Å². The Morgan fingerprint density at radius 2 is 1.85 bits per heavy atom. The number of pyridine rings is 1. The Morgan fingerprint density at radius 1 is 1.06 bits per heavy atom. The number of aromatic nitrogens is 3. The second-order valence-corrected chi connectivity index (χ2v) is 7.97. The molecule has 9 heteroatoms. The average Bonchev–Trinajstić information content (AvgIpc) is 2.87. The van der Waals surface area contributed by atoms with Gasteiger partial charge in [0.25, 0.3) is 11.5 Å². The number of rotatable bonds is 5. The summed E-state index contributed by atoms with van der Waals surface area (Å²) in [5, 5.41) is 14.4. The van der Waals surface area contributed by atoms with Gasteiger partial charge in [-0.3, -0.25) is 24.5 Å². The summed E-state index contributed by atoms with van der Waals surface area (Å²) in [5.74, 6) is 0.145. The molecule has 1 unspecified atom stereocenters. The lowest BCUT2D eigenvalue weighted by atomic mass is 9.87. The molecule has 4 N–H and O–H groups in total. The fourth-order valence-corrected chi connectivity index (χ4v) is 4.00. The van der Waals surface area contributed by atoms with E-state index in [2.05, 4.69) is 20.3 Å². The second-order valence-electron chi connectivity index (χ2n) is 7.97. The van der Waals surface area contributed by atoms with Crippen molar-refractivity contribution in [2.24, 2.45) is 0 Å². The molecule has 1 atom stereocenters. The third-order valence-electron chi connectivity index (χ3n) is 5.80. The number of benzene rings is 2. The van der Waals surface area contributed by atoms with Crippen LogP contribution in [-0.2, 0) is 12.0 Å². The highest BCUT2D eigenvalue weighted by atomic mass is 16.5. The van der Waals surface area contributed by atoms with Crippen LogP contribution in [0.3, 0.4) is 0 Å². The minimum atomic E-state index is -1.49. The van der Waals surface area contributed by atoms with Crippen LogP contribution in [0.2, 0.25) is 0 Å². The number of amides is 1. The number of carbonyl (C=O) groups excluding carboxylic acids is 1. The van der Waals surface area contributed by atoms with Crippen molar-refractivity contribution in [3.05, 3.63) is 122 Å². The molecule has 0 radical (unpaired) electrons. The Hall–Kier alpha value is -4.50. The van der Waals surface area contributed by atoms with Crippen LogP contribution in [0.4, 0.5) is 0 Å². The lowest BCUT2D eigenvalue weighted by Gasteiger charge is -2.29. The Labute approximate surface area is 193 Å². The van der Waals surface area contributed by atoms with Crippen LogP contribution >= 0.6 is 0 Å². The van der Waals surface area contributed by atoms with Crippen LogP contribution in [0, 0.1) is 0 Å². The maximum atomic E-state index is 13.0. The van der Waals surface area contributed by atoms with Crippen molar-refractivity contribution in [1.82, 2.24) is 20.3 Å². The maximum absolute atomic E-state index is 13.0. The first-order valence-corrected chi connectivity index (χ1v) is 10.6. The molecule has 3 heterocycles. The number of hydrogen-bond acceptors (Lipinski definition) is 6. The average molecular weight is 456 g/mol. The third kappa shape index (κ3) is 3.89. The van der Waals surface area contributed by atoms with E-state index in [0.717, 1.165) is 0 Å². The Bertz CT molecular complexity index is 1440. The summed E-state index contributed by atoms with van der Waals surface area (Å²) in [5.41, 5.74) is -0.264. The van der Waals surface area contributed by atoms with E-state index in [-0.39, 0.29) is 24.4 Å². The minimum absolute atomic E-state index is 0.0845. The summed E-state index contributed by atoms with van der Waals surface area (Å²) in [6.45, 7) is -0.0845. The lowest BCUT2D eigenvalue weighted by molar-refractivity contribution is 0.0693. The molecular formula is C25H20N4O5. The van der Waals surface area contributed by atoms with Gasteiger partial charge in [-0.15, -0.1) is 0 Å². The highest BCUT2D eigenvalue weighted by molar-refractivity contribution is 5.94. The summed E-state index contributed by atoms with van der Waals surface area (Å²) in [6, 6.07) is 17.3. The van der Waals surface area contributed by atoms with E-state index in [4.69, 9.17) is 4.74 Å². The molecule has 0 saturated carbocycles. The number of nitrogens with zero attached hydrogens (tertiary/aromatic N) is 1. The molecule has 1 amide bonds. The van der Waals surface area contributed by atoms with Gasteiger partial charge in [-0.2, -0.15) is 0 Å². The van der Waals surface area contributed by atoms with E-state index >= 15 is 0 Å². The molecule has 9 nitrogen and oxygen atoms in total. The van der Waals surface area contributed by atoms with Crippen LogP contribution < -0.4 is 21.3 Å². The number of carbonyl (C=O) groups is 1. The summed E-state index contributed by atoms with van der Waals surface area (Å²) in [4.78, 5) is 45.4. The molecule has 2 aromatic carbocycles. The Kier molecular flexibility index (Phi) is 5.31. The van der Waals surface area contributed by atoms with Gasteiger partial charge in [-0.25, -0.2) is 4.79 Å². The van der Waals surface area contributed by atoms with Gasteiger partial charge in [-0.05, 0) is 29.8 Å². The molecule has 34 heavy (non-hydrogen) atoms. The van der Waals surface area contributed by atoms with Gasteiger partial charge in [-0.1, -0.05) is 36.4 Å². The second kappa shape index (κ2) is 8.45. The number of ether oxygens (including phenoxy) is 1. The molecule has 1 aliphatic rings. The van der Waals surface area contributed by atoms with Crippen LogP contribution in [-0.4, -0.2) is 32.5 Å². The molecule has 0 aliphatic carbocycles. The summed E-state index contributed by atoms with van der Waals surface area (Å²) in [6.07, 6.45) is 3.37. The predicted molar refractivity (Wildman–Crippen MR) is 123 cm³/mol. The topological polar surface area (TPSA) is 137 Å². The molecule has 1 aliphatic heterocycles. The van der Waals surface area contributed by atoms with Crippen molar-refractivity contribution in [2.45, 2.75) is 12.0 Å². The standard InChI is InChI=1S/C25H20N4O5/c30-21(27-14-25(33,17-5-2-1-3-6-17)18-7-4-10-26-13-18)15-8-9-20-16(11-15)12-19-22(31)28-24(32)29-23(19)34-20/h1-11,13,33H,12,14H2,(H,27,30)(H2,28,29,31,32). The number of H-pyrrole nitrogens is 2. The fraction of sp³-hybridized carbons (Fsp3) is 0.120. The molecular weight excluding hydrogens is 436 g/mol. The zero-order valence-electron chi connectivity index (χ0n) is 17.9. The van der Waals surface area contributed by atoms with Crippen molar-refractivity contribution in [3.8, 4) is 11.6 Å². The first-order chi connectivity index (χ1) is 16.4. The monoisotopic (exact) mass is 456 g/mol. The summed E-state index contributed by atoms with van der Waals surface area (Å²) in [7, 11) is 0. The summed E-state index contributed by atoms with van der Waals surface area (Å²) >= 11 is 0. The highest BCUT2D eigenvalue weighted by Gasteiger charge is 2.32. The van der Waals surface area contributed by atoms with Crippen molar-refractivity contribution in [2.75, 3.05) is 6.54 Å². The van der Waals surface area contributed by atoms with Crippen molar-refractivity contribution < 1.29 is 14.6 Å². The van der Waals surface area contributed by atoms with E-state index in [1.54, 1.807) is 54.9 Å². The van der Waals surface area contributed by atoms with Crippen molar-refractivity contribution >= 4 is 5.91 Å². The van der Waals surface area contributed by atoms with Gasteiger partial charge in [0.15, 0.2) is 0 Å². The van der Waals surface area contributed by atoms with Gasteiger partial charge in [0.1, 0.15) is 11.4 Å². The number of aliphatic hydroxyl groups is 1. The van der Waals surface area contributed by atoms with Gasteiger partial charge >= 0.3 is 5.69 Å². The third-order valence-corrected chi connectivity index (χ3v) is 5.80. The lowest BCUT2D eigenvalue weighted by Crippen LogP contribution is -2.41.